The molecule has 1 unspecified atom stereocenters. The molecule has 0 saturated carbocycles. The van der Waals surface area contributed by atoms with E-state index in [1.54, 1.807) is 47.4 Å². The Labute approximate surface area is 205 Å². The Hall–Kier alpha value is -2.95. The monoisotopic (exact) mass is 519 g/mol. The summed E-state index contributed by atoms with van der Waals surface area (Å²) in [4.78, 5) is 38.8. The molecule has 8 nitrogen and oxygen atoms in total. The van der Waals surface area contributed by atoms with Gasteiger partial charge in [0.1, 0.15) is 10.3 Å². The molecule has 3 amide bonds. The van der Waals surface area contributed by atoms with E-state index in [0.29, 0.717) is 33.8 Å². The summed E-state index contributed by atoms with van der Waals surface area (Å²) < 4.78 is 28.0. The molecule has 1 atom stereocenters. The van der Waals surface area contributed by atoms with Crippen LogP contribution in [0.15, 0.2) is 52.7 Å². The van der Waals surface area contributed by atoms with Gasteiger partial charge in [0.15, 0.2) is 0 Å². The van der Waals surface area contributed by atoms with Crippen LogP contribution in [0.3, 0.4) is 0 Å². The maximum Gasteiger partial charge on any atom is 0.273 e. The van der Waals surface area contributed by atoms with Crippen LogP contribution in [0.5, 0.6) is 0 Å². The maximum atomic E-state index is 12.7. The first-order valence-corrected chi connectivity index (χ1v) is 13.3. The molecule has 1 fully saturated rings. The van der Waals surface area contributed by atoms with Crippen LogP contribution in [-0.2, 0) is 19.6 Å². The number of piperidine rings is 1. The standard InChI is InChI=1S/C23H22ClN3O5S2/c1-14(22(29)26-34(31,32)21-12-16-5-8-17(24)13-19(16)33-21)25-23(30)15-6-9-18(10-7-15)27-11-3-2-4-20(27)28/h5-10,12-14H,2-4,11H2,1H3,(H,25,30)(H,26,29). The number of carbonyl (C=O) groups is 3. The molecule has 0 bridgehead atoms. The number of rotatable bonds is 6. The largest absolute Gasteiger partial charge is 0.340 e. The Bertz CT molecular complexity index is 1370. The fraction of sp³-hybridized carbons (Fsp3) is 0.261. The fourth-order valence-corrected chi connectivity index (χ4v) is 6.33. The van der Waals surface area contributed by atoms with Crippen LogP contribution in [0, 0.1) is 0 Å². The summed E-state index contributed by atoms with van der Waals surface area (Å²) in [6.45, 7) is 2.04. The van der Waals surface area contributed by atoms with E-state index in [2.05, 4.69) is 5.32 Å². The summed E-state index contributed by atoms with van der Waals surface area (Å²) in [5, 5.41) is 3.68. The summed E-state index contributed by atoms with van der Waals surface area (Å²) in [5.74, 6) is -1.34. The predicted molar refractivity (Wildman–Crippen MR) is 132 cm³/mol. The van der Waals surface area contributed by atoms with Crippen LogP contribution in [0.25, 0.3) is 10.1 Å². The molecule has 1 aromatic heterocycles. The summed E-state index contributed by atoms with van der Waals surface area (Å²) in [6.07, 6.45) is 2.31. The van der Waals surface area contributed by atoms with Crippen LogP contribution in [0.4, 0.5) is 5.69 Å². The molecule has 1 saturated heterocycles. The number of thiophene rings is 1. The minimum atomic E-state index is -4.12. The van der Waals surface area contributed by atoms with Crippen molar-refractivity contribution >= 4 is 66.5 Å². The number of carbonyl (C=O) groups excluding carboxylic acids is 3. The lowest BCUT2D eigenvalue weighted by molar-refractivity contribution is -0.121. The minimum absolute atomic E-state index is 0.0282. The predicted octanol–water partition coefficient (Wildman–Crippen LogP) is 3.70. The molecule has 3 aromatic rings. The van der Waals surface area contributed by atoms with Crippen molar-refractivity contribution in [2.24, 2.45) is 0 Å². The van der Waals surface area contributed by atoms with Gasteiger partial charge in [-0.2, -0.15) is 0 Å². The van der Waals surface area contributed by atoms with Gasteiger partial charge in [0.05, 0.1) is 0 Å². The SMILES string of the molecule is CC(NC(=O)c1ccc(N2CCCCC2=O)cc1)C(=O)NS(=O)(=O)c1cc2ccc(Cl)cc2s1. The lowest BCUT2D eigenvalue weighted by Gasteiger charge is -2.26. The third-order valence-corrected chi connectivity index (χ3v) is 8.62. The average molecular weight is 520 g/mol. The average Bonchev–Trinajstić information content (AvgIpc) is 3.23. The molecule has 2 aromatic carbocycles. The van der Waals surface area contributed by atoms with Gasteiger partial charge in [-0.25, -0.2) is 13.1 Å². The second-order valence-corrected chi connectivity index (χ2v) is 11.4. The fourth-order valence-electron chi connectivity index (χ4n) is 3.60. The Morgan fingerprint density at radius 2 is 1.82 bits per heavy atom. The summed E-state index contributed by atoms with van der Waals surface area (Å²) in [6, 6.07) is 11.9. The molecule has 1 aliphatic heterocycles. The van der Waals surface area contributed by atoms with Gasteiger partial charge in [0.2, 0.25) is 5.91 Å². The van der Waals surface area contributed by atoms with Crippen LogP contribution >= 0.6 is 22.9 Å². The molecule has 0 spiro atoms. The molecular formula is C23H22ClN3O5S2. The van der Waals surface area contributed by atoms with Crippen molar-refractivity contribution in [1.82, 2.24) is 10.0 Å². The number of fused-ring (bicyclic) bond motifs is 1. The third kappa shape index (κ3) is 5.24. The third-order valence-electron chi connectivity index (χ3n) is 5.46. The highest BCUT2D eigenvalue weighted by Gasteiger charge is 2.25. The second kappa shape index (κ2) is 9.73. The number of halogens is 1. The molecule has 11 heteroatoms. The molecule has 2 N–H and O–H groups in total. The lowest BCUT2D eigenvalue weighted by atomic mass is 10.1. The van der Waals surface area contributed by atoms with Crippen LogP contribution in [-0.4, -0.2) is 38.7 Å². The van der Waals surface area contributed by atoms with Gasteiger partial charge in [-0.1, -0.05) is 17.7 Å². The molecule has 0 radical (unpaired) electrons. The van der Waals surface area contributed by atoms with E-state index in [9.17, 15) is 22.8 Å². The Kier molecular flexibility index (Phi) is 6.92. The number of anilines is 1. The van der Waals surface area contributed by atoms with E-state index in [1.807, 2.05) is 4.72 Å². The van der Waals surface area contributed by atoms with Gasteiger partial charge in [0, 0.05) is 33.9 Å². The first kappa shape index (κ1) is 24.2. The highest BCUT2D eigenvalue weighted by atomic mass is 35.5. The van der Waals surface area contributed by atoms with Gasteiger partial charge in [-0.3, -0.25) is 14.4 Å². The lowest BCUT2D eigenvalue weighted by Crippen LogP contribution is -2.46. The zero-order chi connectivity index (χ0) is 24.5. The highest BCUT2D eigenvalue weighted by Crippen LogP contribution is 2.31. The maximum absolute atomic E-state index is 12.7. The van der Waals surface area contributed by atoms with Crippen molar-refractivity contribution in [3.05, 3.63) is 59.1 Å². The van der Waals surface area contributed by atoms with Crippen molar-refractivity contribution in [3.8, 4) is 0 Å². The topological polar surface area (TPSA) is 113 Å². The Balaban J connectivity index is 1.39. The molecule has 0 aliphatic carbocycles. The van der Waals surface area contributed by atoms with E-state index in [-0.39, 0.29) is 15.7 Å². The van der Waals surface area contributed by atoms with Crippen LogP contribution < -0.4 is 14.9 Å². The smallest absolute Gasteiger partial charge is 0.273 e. The van der Waals surface area contributed by atoms with Gasteiger partial charge >= 0.3 is 0 Å². The molecular weight excluding hydrogens is 498 g/mol. The Morgan fingerprint density at radius 3 is 2.53 bits per heavy atom. The van der Waals surface area contributed by atoms with Crippen molar-refractivity contribution in [2.75, 3.05) is 11.4 Å². The number of hydrogen-bond acceptors (Lipinski definition) is 6. The molecule has 178 valence electrons. The minimum Gasteiger partial charge on any atom is -0.340 e. The van der Waals surface area contributed by atoms with Gasteiger partial charge < -0.3 is 10.2 Å². The summed E-state index contributed by atoms with van der Waals surface area (Å²) in [5.41, 5.74) is 1.000. The highest BCUT2D eigenvalue weighted by molar-refractivity contribution is 7.92. The van der Waals surface area contributed by atoms with Gasteiger partial charge in [-0.05, 0) is 67.6 Å². The summed E-state index contributed by atoms with van der Waals surface area (Å²) in [7, 11) is -4.12. The van der Waals surface area contributed by atoms with Crippen molar-refractivity contribution in [1.29, 1.82) is 0 Å². The quantitative estimate of drug-likeness (QED) is 0.515. The van der Waals surface area contributed by atoms with Gasteiger partial charge in [0.25, 0.3) is 21.8 Å². The van der Waals surface area contributed by atoms with Crippen molar-refractivity contribution in [3.63, 3.8) is 0 Å². The number of benzene rings is 2. The number of nitrogens with one attached hydrogen (secondary N) is 2. The molecule has 34 heavy (non-hydrogen) atoms. The number of sulfonamides is 1. The van der Waals surface area contributed by atoms with E-state index >= 15 is 0 Å². The number of hydrogen-bond donors (Lipinski definition) is 2. The van der Waals surface area contributed by atoms with Gasteiger partial charge in [-0.15, -0.1) is 11.3 Å². The van der Waals surface area contributed by atoms with E-state index in [0.717, 1.165) is 24.2 Å². The number of nitrogens with zero attached hydrogens (tertiary/aromatic N) is 1. The molecule has 4 rings (SSSR count). The van der Waals surface area contributed by atoms with E-state index in [1.165, 1.54) is 13.0 Å². The van der Waals surface area contributed by atoms with Crippen LogP contribution in [0.1, 0.15) is 36.5 Å². The molecule has 2 heterocycles. The van der Waals surface area contributed by atoms with Crippen molar-refractivity contribution < 1.29 is 22.8 Å². The first-order chi connectivity index (χ1) is 16.1. The van der Waals surface area contributed by atoms with E-state index in [4.69, 9.17) is 11.6 Å². The number of amides is 3. The zero-order valence-corrected chi connectivity index (χ0v) is 20.6. The zero-order valence-electron chi connectivity index (χ0n) is 18.2. The first-order valence-electron chi connectivity index (χ1n) is 10.6. The summed E-state index contributed by atoms with van der Waals surface area (Å²) >= 11 is 6.95. The van der Waals surface area contributed by atoms with E-state index < -0.39 is 27.9 Å². The molecule has 1 aliphatic rings. The van der Waals surface area contributed by atoms with Crippen molar-refractivity contribution in [2.45, 2.75) is 36.4 Å². The normalized spacial score (nSPS) is 15.2. The van der Waals surface area contributed by atoms with Crippen LogP contribution in [0.2, 0.25) is 5.02 Å². The second-order valence-electron chi connectivity index (χ2n) is 7.96. The Morgan fingerprint density at radius 1 is 1.09 bits per heavy atom.